The molecule has 0 bridgehead atoms. The first-order valence-electron chi connectivity index (χ1n) is 14.2. The van der Waals surface area contributed by atoms with Crippen LogP contribution in [0.15, 0.2) is 28.4 Å². The van der Waals surface area contributed by atoms with Gasteiger partial charge in [-0.25, -0.2) is 15.0 Å². The number of aromatic nitrogens is 3. The Labute approximate surface area is 239 Å². The van der Waals surface area contributed by atoms with Crippen molar-refractivity contribution < 1.29 is 24.1 Å². The minimum Gasteiger partial charge on any atom is -0.486 e. The van der Waals surface area contributed by atoms with Gasteiger partial charge in [-0.3, -0.25) is 0 Å². The molecular formula is C28H40N6O5S. The van der Waals surface area contributed by atoms with Crippen molar-refractivity contribution in [3.63, 3.8) is 0 Å². The van der Waals surface area contributed by atoms with Crippen LogP contribution >= 0.6 is 11.8 Å². The molecule has 1 spiro atoms. The molecule has 6 heterocycles. The Bertz CT molecular complexity index is 1180. The number of aliphatic hydroxyl groups is 1. The Hall–Kier alpha value is -2.22. The number of ether oxygens (including phenoxy) is 4. The van der Waals surface area contributed by atoms with Crippen LogP contribution in [-0.4, -0.2) is 98.0 Å². The molecule has 0 saturated carbocycles. The first kappa shape index (κ1) is 27.9. The summed E-state index contributed by atoms with van der Waals surface area (Å²) in [6.45, 7) is 7.69. The summed E-state index contributed by atoms with van der Waals surface area (Å²) < 4.78 is 23.0. The first-order valence-corrected chi connectivity index (χ1v) is 15.0. The first-order chi connectivity index (χ1) is 19.5. The molecule has 6 rings (SSSR count). The summed E-state index contributed by atoms with van der Waals surface area (Å²) in [6, 6.07) is 2.31. The molecule has 3 saturated heterocycles. The quantitative estimate of drug-likeness (QED) is 0.427. The second-order valence-corrected chi connectivity index (χ2v) is 12.4. The molecule has 3 fully saturated rings. The van der Waals surface area contributed by atoms with Crippen LogP contribution in [0.2, 0.25) is 0 Å². The zero-order chi connectivity index (χ0) is 27.7. The van der Waals surface area contributed by atoms with Crippen molar-refractivity contribution in [3.8, 4) is 5.75 Å². The summed E-state index contributed by atoms with van der Waals surface area (Å²) in [5.74, 6) is 2.84. The van der Waals surface area contributed by atoms with E-state index in [4.69, 9.17) is 34.6 Å². The standard InChI is InChI=1S/C28H40N6O5S/c1-18-25(29)28(17-39-18)4-7-33(8-5-28)26-21(14-35)32-23(12-31-26)40-22-3-6-30-27-24(22)38-16-20-11-19(13-34(20)27)15-37-10-9-36-2/h3,6,12,18-20,25,35H,4-5,7-11,13-17,29H2,1-2H3. The number of rotatable bonds is 9. The fourth-order valence-electron chi connectivity index (χ4n) is 6.54. The molecule has 4 aliphatic rings. The molecule has 0 radical (unpaired) electrons. The van der Waals surface area contributed by atoms with E-state index >= 15 is 0 Å². The number of aliphatic hydroxyl groups excluding tert-OH is 1. The third-order valence-electron chi connectivity index (χ3n) is 8.90. The van der Waals surface area contributed by atoms with E-state index in [2.05, 4.69) is 21.7 Å². The van der Waals surface area contributed by atoms with Crippen molar-refractivity contribution in [1.82, 2.24) is 15.0 Å². The van der Waals surface area contributed by atoms with Crippen molar-refractivity contribution in [2.45, 2.75) is 60.9 Å². The van der Waals surface area contributed by atoms with Crippen LogP contribution in [0.3, 0.4) is 0 Å². The highest BCUT2D eigenvalue weighted by Crippen LogP contribution is 2.45. The van der Waals surface area contributed by atoms with Gasteiger partial charge in [-0.05, 0) is 32.3 Å². The molecule has 0 aromatic carbocycles. The number of pyridine rings is 1. The van der Waals surface area contributed by atoms with Gasteiger partial charge < -0.3 is 39.6 Å². The number of piperidine rings is 1. The molecule has 4 unspecified atom stereocenters. The lowest BCUT2D eigenvalue weighted by Crippen LogP contribution is -2.51. The highest BCUT2D eigenvalue weighted by atomic mass is 32.2. The molecule has 0 amide bonds. The monoisotopic (exact) mass is 572 g/mol. The molecule has 4 aliphatic heterocycles. The number of nitrogens with two attached hydrogens (primary N) is 1. The molecule has 218 valence electrons. The number of hydrogen-bond donors (Lipinski definition) is 2. The molecule has 2 aromatic heterocycles. The molecule has 40 heavy (non-hydrogen) atoms. The van der Waals surface area contributed by atoms with Gasteiger partial charge in [0.25, 0.3) is 0 Å². The van der Waals surface area contributed by atoms with Crippen LogP contribution in [0.1, 0.15) is 31.9 Å². The molecule has 12 heteroatoms. The van der Waals surface area contributed by atoms with Crippen LogP contribution in [-0.2, 0) is 20.8 Å². The Balaban J connectivity index is 1.13. The van der Waals surface area contributed by atoms with Crippen LogP contribution in [0.5, 0.6) is 5.75 Å². The summed E-state index contributed by atoms with van der Waals surface area (Å²) in [5.41, 5.74) is 7.11. The lowest BCUT2D eigenvalue weighted by atomic mass is 9.73. The zero-order valence-corrected chi connectivity index (χ0v) is 24.1. The molecule has 3 N–H and O–H groups in total. The highest BCUT2D eigenvalue weighted by molar-refractivity contribution is 7.99. The Morgan fingerprint density at radius 1 is 1.23 bits per heavy atom. The lowest BCUT2D eigenvalue weighted by Gasteiger charge is -2.41. The molecular weight excluding hydrogens is 532 g/mol. The zero-order valence-electron chi connectivity index (χ0n) is 23.3. The number of anilines is 2. The van der Waals surface area contributed by atoms with E-state index in [-0.39, 0.29) is 24.2 Å². The Morgan fingerprint density at radius 3 is 2.83 bits per heavy atom. The maximum absolute atomic E-state index is 10.2. The van der Waals surface area contributed by atoms with E-state index in [9.17, 15) is 5.11 Å². The SMILES string of the molecule is COCCOCC1CC2COc3c(Sc4cnc(N5CCC6(CC5)COC(C)C6N)c(CO)n4)ccnc3N2C1. The summed E-state index contributed by atoms with van der Waals surface area (Å²) in [5, 5.41) is 10.9. The van der Waals surface area contributed by atoms with E-state index in [1.807, 2.05) is 12.3 Å². The smallest absolute Gasteiger partial charge is 0.175 e. The molecule has 11 nitrogen and oxygen atoms in total. The largest absolute Gasteiger partial charge is 0.486 e. The van der Waals surface area contributed by atoms with E-state index in [1.54, 1.807) is 13.3 Å². The predicted octanol–water partition coefficient (Wildman–Crippen LogP) is 2.10. The van der Waals surface area contributed by atoms with E-state index in [0.717, 1.165) is 67.8 Å². The summed E-state index contributed by atoms with van der Waals surface area (Å²) in [4.78, 5) is 19.8. The predicted molar refractivity (Wildman–Crippen MR) is 151 cm³/mol. The van der Waals surface area contributed by atoms with Gasteiger partial charge in [-0.2, -0.15) is 0 Å². The second-order valence-electron chi connectivity index (χ2n) is 11.4. The van der Waals surface area contributed by atoms with E-state index < -0.39 is 0 Å². The maximum atomic E-state index is 10.2. The van der Waals surface area contributed by atoms with Crippen molar-refractivity contribution in [2.75, 3.05) is 69.6 Å². The average Bonchev–Trinajstić information content (AvgIpc) is 3.53. The van der Waals surface area contributed by atoms with Crippen molar-refractivity contribution in [1.29, 1.82) is 0 Å². The molecule has 2 aromatic rings. The van der Waals surface area contributed by atoms with Gasteiger partial charge in [0.2, 0.25) is 0 Å². The lowest BCUT2D eigenvalue weighted by molar-refractivity contribution is 0.0541. The topological polar surface area (TPSA) is 128 Å². The summed E-state index contributed by atoms with van der Waals surface area (Å²) >= 11 is 1.49. The second kappa shape index (κ2) is 11.9. The highest BCUT2D eigenvalue weighted by Gasteiger charge is 2.48. The number of fused-ring (bicyclic) bond motifs is 3. The van der Waals surface area contributed by atoms with Crippen LogP contribution in [0.25, 0.3) is 0 Å². The Kier molecular flexibility index (Phi) is 8.34. The number of methoxy groups -OCH3 is 1. The molecule has 0 aliphatic carbocycles. The van der Waals surface area contributed by atoms with Gasteiger partial charge in [0.15, 0.2) is 17.4 Å². The number of nitrogens with zero attached hydrogens (tertiary/aromatic N) is 5. The van der Waals surface area contributed by atoms with Crippen LogP contribution in [0, 0.1) is 11.3 Å². The normalized spacial score (nSPS) is 27.1. The fourth-order valence-corrected chi connectivity index (χ4v) is 7.39. The third kappa shape index (κ3) is 5.37. The molecule has 4 atom stereocenters. The van der Waals surface area contributed by atoms with Crippen LogP contribution < -0.4 is 20.3 Å². The number of hydrogen-bond acceptors (Lipinski definition) is 12. The van der Waals surface area contributed by atoms with Crippen LogP contribution in [0.4, 0.5) is 11.6 Å². The minimum absolute atomic E-state index is 0.0321. The van der Waals surface area contributed by atoms with E-state index in [0.29, 0.717) is 49.1 Å². The van der Waals surface area contributed by atoms with Gasteiger partial charge >= 0.3 is 0 Å². The van der Waals surface area contributed by atoms with Crippen molar-refractivity contribution in [2.24, 2.45) is 17.1 Å². The van der Waals surface area contributed by atoms with Crippen molar-refractivity contribution >= 4 is 23.4 Å². The van der Waals surface area contributed by atoms with Gasteiger partial charge in [0.05, 0.1) is 56.3 Å². The third-order valence-corrected chi connectivity index (χ3v) is 9.85. The van der Waals surface area contributed by atoms with Gasteiger partial charge in [0, 0.05) is 50.3 Å². The summed E-state index contributed by atoms with van der Waals surface area (Å²) in [7, 11) is 1.69. The minimum atomic E-state index is -0.174. The van der Waals surface area contributed by atoms with Crippen molar-refractivity contribution in [3.05, 3.63) is 24.2 Å². The van der Waals surface area contributed by atoms with E-state index in [1.165, 1.54) is 11.8 Å². The Morgan fingerprint density at radius 2 is 2.08 bits per heavy atom. The average molecular weight is 573 g/mol. The fraction of sp³-hybridized carbons (Fsp3) is 0.679. The van der Waals surface area contributed by atoms with Gasteiger partial charge in [0.1, 0.15) is 17.3 Å². The summed E-state index contributed by atoms with van der Waals surface area (Å²) in [6.07, 6.45) is 6.62. The maximum Gasteiger partial charge on any atom is 0.175 e. The van der Waals surface area contributed by atoms with Gasteiger partial charge in [-0.15, -0.1) is 0 Å². The van der Waals surface area contributed by atoms with Gasteiger partial charge in [-0.1, -0.05) is 11.8 Å².